The van der Waals surface area contributed by atoms with E-state index in [0.717, 1.165) is 12.1 Å². The second-order valence-electron chi connectivity index (χ2n) is 6.04. The van der Waals surface area contributed by atoms with Gasteiger partial charge in [0.2, 0.25) is 6.10 Å². The van der Waals surface area contributed by atoms with E-state index in [1.54, 1.807) is 54.6 Å². The average Bonchev–Trinajstić information content (AvgIpc) is 2.72. The Hall–Kier alpha value is -3.38. The molecule has 3 aromatic carbocycles. The molecule has 3 aromatic rings. The summed E-state index contributed by atoms with van der Waals surface area (Å²) in [5.41, 5.74) is 0.911. The van der Waals surface area contributed by atoms with E-state index in [4.69, 9.17) is 21.1 Å². The highest BCUT2D eigenvalue weighted by molar-refractivity contribution is 6.33. The Balaban J connectivity index is 1.86. The fraction of sp³-hybridized carbons (Fsp3) is 0.0909. The number of halogens is 2. The zero-order valence-electron chi connectivity index (χ0n) is 15.4. The van der Waals surface area contributed by atoms with Crippen molar-refractivity contribution in [2.75, 3.05) is 12.4 Å². The molecule has 0 unspecified atom stereocenters. The fourth-order valence-electron chi connectivity index (χ4n) is 2.63. The van der Waals surface area contributed by atoms with Crippen molar-refractivity contribution < 1.29 is 23.5 Å². The summed E-state index contributed by atoms with van der Waals surface area (Å²) < 4.78 is 23.8. The minimum Gasteiger partial charge on any atom is -0.497 e. The SMILES string of the molecule is COc1cccc(NC(=O)[C@H](OC(=O)c2ccc(F)cc2Cl)c2ccccc2)c1. The fourth-order valence-corrected chi connectivity index (χ4v) is 2.88. The van der Waals surface area contributed by atoms with Crippen molar-refractivity contribution in [1.29, 1.82) is 0 Å². The lowest BCUT2D eigenvalue weighted by Crippen LogP contribution is -2.26. The Bertz CT molecular complexity index is 1030. The summed E-state index contributed by atoms with van der Waals surface area (Å²) in [7, 11) is 1.52. The van der Waals surface area contributed by atoms with Crippen LogP contribution in [0.5, 0.6) is 5.75 Å². The maximum Gasteiger partial charge on any atom is 0.340 e. The number of benzene rings is 3. The molecular formula is C22H17ClFNO4. The van der Waals surface area contributed by atoms with Crippen LogP contribution in [0.25, 0.3) is 0 Å². The molecule has 0 spiro atoms. The molecule has 0 bridgehead atoms. The summed E-state index contributed by atoms with van der Waals surface area (Å²) >= 11 is 5.94. The number of rotatable bonds is 6. The number of hydrogen-bond acceptors (Lipinski definition) is 4. The molecule has 0 aliphatic carbocycles. The number of ether oxygens (including phenoxy) is 2. The summed E-state index contributed by atoms with van der Waals surface area (Å²) in [5.74, 6) is -1.42. The third kappa shape index (κ3) is 5.12. The van der Waals surface area contributed by atoms with E-state index >= 15 is 0 Å². The van der Waals surface area contributed by atoms with Crippen molar-refractivity contribution in [3.63, 3.8) is 0 Å². The summed E-state index contributed by atoms with van der Waals surface area (Å²) in [6.07, 6.45) is -1.24. The molecule has 148 valence electrons. The molecule has 5 nitrogen and oxygen atoms in total. The van der Waals surface area contributed by atoms with Crippen molar-refractivity contribution in [2.45, 2.75) is 6.10 Å². The van der Waals surface area contributed by atoms with Gasteiger partial charge in [-0.2, -0.15) is 0 Å². The van der Waals surface area contributed by atoms with Gasteiger partial charge in [-0.3, -0.25) is 4.79 Å². The van der Waals surface area contributed by atoms with Gasteiger partial charge in [0, 0.05) is 17.3 Å². The maximum atomic E-state index is 13.3. The Morgan fingerprint density at radius 3 is 2.45 bits per heavy atom. The standard InChI is InChI=1S/C22H17ClFNO4/c1-28-17-9-5-8-16(13-17)25-21(26)20(14-6-3-2-4-7-14)29-22(27)18-11-10-15(24)12-19(18)23/h2-13,20H,1H3,(H,25,26)/t20-/m1/s1. The Morgan fingerprint density at radius 1 is 1.00 bits per heavy atom. The predicted octanol–water partition coefficient (Wildman–Crippen LogP) is 5.02. The molecule has 1 N–H and O–H groups in total. The second kappa shape index (κ2) is 9.21. The Labute approximate surface area is 172 Å². The van der Waals surface area contributed by atoms with E-state index in [0.29, 0.717) is 17.0 Å². The Morgan fingerprint density at radius 2 is 1.76 bits per heavy atom. The summed E-state index contributed by atoms with van der Waals surface area (Å²) in [6, 6.07) is 18.6. The van der Waals surface area contributed by atoms with Gasteiger partial charge in [-0.15, -0.1) is 0 Å². The van der Waals surface area contributed by atoms with E-state index in [1.165, 1.54) is 13.2 Å². The first-order valence-electron chi connectivity index (χ1n) is 8.64. The van der Waals surface area contributed by atoms with E-state index in [1.807, 2.05) is 0 Å². The van der Waals surface area contributed by atoms with Crippen LogP contribution in [0, 0.1) is 5.82 Å². The molecule has 0 heterocycles. The molecule has 1 amide bonds. The monoisotopic (exact) mass is 413 g/mol. The van der Waals surface area contributed by atoms with Crippen molar-refractivity contribution in [1.82, 2.24) is 0 Å². The average molecular weight is 414 g/mol. The number of amides is 1. The zero-order chi connectivity index (χ0) is 20.8. The first kappa shape index (κ1) is 20.4. The van der Waals surface area contributed by atoms with Crippen LogP contribution in [0.2, 0.25) is 5.02 Å². The van der Waals surface area contributed by atoms with Crippen molar-refractivity contribution >= 4 is 29.2 Å². The minimum atomic E-state index is -1.24. The lowest BCUT2D eigenvalue weighted by atomic mass is 10.1. The number of methoxy groups -OCH3 is 1. The van der Waals surface area contributed by atoms with Gasteiger partial charge in [0.15, 0.2) is 0 Å². The summed E-state index contributed by atoms with van der Waals surface area (Å²) in [5, 5.41) is 2.60. The molecule has 0 radical (unpaired) electrons. The maximum absolute atomic E-state index is 13.3. The molecule has 0 fully saturated rings. The smallest absolute Gasteiger partial charge is 0.340 e. The van der Waals surface area contributed by atoms with Crippen LogP contribution < -0.4 is 10.1 Å². The molecule has 0 saturated carbocycles. The van der Waals surface area contributed by atoms with E-state index < -0.39 is 23.8 Å². The number of anilines is 1. The van der Waals surface area contributed by atoms with Crippen molar-refractivity contribution in [2.24, 2.45) is 0 Å². The number of carbonyl (C=O) groups is 2. The molecule has 0 aliphatic heterocycles. The van der Waals surface area contributed by atoms with Gasteiger partial charge in [0.1, 0.15) is 11.6 Å². The van der Waals surface area contributed by atoms with Crippen LogP contribution in [0.15, 0.2) is 72.8 Å². The van der Waals surface area contributed by atoms with Crippen molar-refractivity contribution in [3.05, 3.63) is 94.8 Å². The summed E-state index contributed by atoms with van der Waals surface area (Å²) in [4.78, 5) is 25.5. The van der Waals surface area contributed by atoms with Crippen LogP contribution >= 0.6 is 11.6 Å². The Kier molecular flexibility index (Phi) is 6.46. The van der Waals surface area contributed by atoms with Crippen LogP contribution in [-0.2, 0) is 9.53 Å². The molecular weight excluding hydrogens is 397 g/mol. The first-order chi connectivity index (χ1) is 14.0. The minimum absolute atomic E-state index is 0.0387. The first-order valence-corrected chi connectivity index (χ1v) is 9.01. The van der Waals surface area contributed by atoms with E-state index in [-0.39, 0.29) is 10.6 Å². The van der Waals surface area contributed by atoms with Gasteiger partial charge in [0.05, 0.1) is 17.7 Å². The largest absolute Gasteiger partial charge is 0.497 e. The van der Waals surface area contributed by atoms with Crippen LogP contribution in [0.3, 0.4) is 0 Å². The van der Waals surface area contributed by atoms with Gasteiger partial charge >= 0.3 is 5.97 Å². The van der Waals surface area contributed by atoms with Crippen LogP contribution in [0.4, 0.5) is 10.1 Å². The molecule has 0 aromatic heterocycles. The lowest BCUT2D eigenvalue weighted by Gasteiger charge is -2.18. The highest BCUT2D eigenvalue weighted by Gasteiger charge is 2.27. The zero-order valence-corrected chi connectivity index (χ0v) is 16.2. The second-order valence-corrected chi connectivity index (χ2v) is 6.45. The highest BCUT2D eigenvalue weighted by Crippen LogP contribution is 2.25. The van der Waals surface area contributed by atoms with E-state index in [9.17, 15) is 14.0 Å². The highest BCUT2D eigenvalue weighted by atomic mass is 35.5. The molecule has 29 heavy (non-hydrogen) atoms. The number of hydrogen-bond donors (Lipinski definition) is 1. The molecule has 1 atom stereocenters. The molecule has 7 heteroatoms. The number of nitrogens with one attached hydrogen (secondary N) is 1. The van der Waals surface area contributed by atoms with Gasteiger partial charge in [-0.25, -0.2) is 9.18 Å². The summed E-state index contributed by atoms with van der Waals surface area (Å²) in [6.45, 7) is 0. The molecule has 3 rings (SSSR count). The topological polar surface area (TPSA) is 64.6 Å². The predicted molar refractivity (Wildman–Crippen MR) is 108 cm³/mol. The third-order valence-corrected chi connectivity index (χ3v) is 4.37. The lowest BCUT2D eigenvalue weighted by molar-refractivity contribution is -0.125. The third-order valence-electron chi connectivity index (χ3n) is 4.05. The number of esters is 1. The number of carbonyl (C=O) groups excluding carboxylic acids is 2. The van der Waals surface area contributed by atoms with Gasteiger partial charge in [-0.05, 0) is 30.3 Å². The quantitative estimate of drug-likeness (QED) is 0.576. The van der Waals surface area contributed by atoms with Crippen molar-refractivity contribution in [3.8, 4) is 5.75 Å². The van der Waals surface area contributed by atoms with E-state index in [2.05, 4.69) is 5.32 Å². The van der Waals surface area contributed by atoms with Gasteiger partial charge in [-0.1, -0.05) is 48.0 Å². The molecule has 0 saturated heterocycles. The van der Waals surface area contributed by atoms with Crippen LogP contribution in [-0.4, -0.2) is 19.0 Å². The van der Waals surface area contributed by atoms with Gasteiger partial charge in [0.25, 0.3) is 5.91 Å². The normalized spacial score (nSPS) is 11.4. The molecule has 0 aliphatic rings. The van der Waals surface area contributed by atoms with Gasteiger partial charge < -0.3 is 14.8 Å². The van der Waals surface area contributed by atoms with Crippen LogP contribution in [0.1, 0.15) is 22.0 Å².